The molecular weight excluding hydrogens is 383 g/mol. The molecule has 3 N–H and O–H groups in total. The molecule has 30 heavy (non-hydrogen) atoms. The van der Waals surface area contributed by atoms with Crippen molar-refractivity contribution >= 4 is 17.4 Å². The molecule has 7 heteroatoms. The highest BCUT2D eigenvalue weighted by Gasteiger charge is 2.17. The van der Waals surface area contributed by atoms with Gasteiger partial charge in [-0.3, -0.25) is 9.69 Å². The normalized spacial score (nSPS) is 16.2. The molecule has 0 aromatic heterocycles. The molecule has 0 aliphatic carbocycles. The number of nitrogens with one attached hydrogen (secondary N) is 1. The second-order valence-corrected chi connectivity index (χ2v) is 7.73. The number of halogens is 1. The van der Waals surface area contributed by atoms with Crippen LogP contribution in [0.4, 0.5) is 10.1 Å². The fraction of sp³-hybridized carbons (Fsp3) is 0.391. The fourth-order valence-electron chi connectivity index (χ4n) is 3.40. The minimum absolute atomic E-state index is 0.100. The van der Waals surface area contributed by atoms with Crippen molar-refractivity contribution in [3.8, 4) is 0 Å². The number of aryl methyl sites for hydroxylation is 1. The number of benzene rings is 2. The van der Waals surface area contributed by atoms with Gasteiger partial charge in [-0.15, -0.1) is 0 Å². The third-order valence-corrected chi connectivity index (χ3v) is 5.14. The summed E-state index contributed by atoms with van der Waals surface area (Å²) in [6.07, 6.45) is 2.85. The molecular formula is C23H29FN4O2. The quantitative estimate of drug-likeness (QED) is 0.412. The summed E-state index contributed by atoms with van der Waals surface area (Å²) in [7, 11) is 0. The van der Waals surface area contributed by atoms with Gasteiger partial charge in [-0.25, -0.2) is 4.39 Å². The molecule has 1 atom stereocenters. The SMILES string of the molecule is Cc1ccc(NC(=O)C(C)O/N=C(/N)c2cccc(CN3CCCCC3)c2)c(F)c1. The van der Waals surface area contributed by atoms with Crippen molar-refractivity contribution in [1.82, 2.24) is 4.90 Å². The number of piperidine rings is 1. The standard InChI is InChI=1S/C23H29FN4O2/c1-16-9-10-21(20(24)13-16)26-23(29)17(2)30-27-22(25)19-8-6-7-18(14-19)15-28-11-4-3-5-12-28/h6-10,13-14,17H,3-5,11-12,15H2,1-2H3,(H2,25,27)(H,26,29). The van der Waals surface area contributed by atoms with E-state index in [0.717, 1.165) is 36.3 Å². The lowest BCUT2D eigenvalue weighted by molar-refractivity contribution is -0.126. The number of nitrogens with two attached hydrogens (primary N) is 1. The van der Waals surface area contributed by atoms with E-state index < -0.39 is 17.8 Å². The lowest BCUT2D eigenvalue weighted by Gasteiger charge is -2.26. The van der Waals surface area contributed by atoms with Crippen molar-refractivity contribution < 1.29 is 14.0 Å². The molecule has 1 aliphatic rings. The van der Waals surface area contributed by atoms with Gasteiger partial charge in [-0.1, -0.05) is 35.8 Å². The number of amidine groups is 1. The summed E-state index contributed by atoms with van der Waals surface area (Å²) in [5, 5.41) is 6.41. The highest BCUT2D eigenvalue weighted by atomic mass is 19.1. The predicted octanol–water partition coefficient (Wildman–Crippen LogP) is 3.78. The third kappa shape index (κ3) is 6.03. The van der Waals surface area contributed by atoms with Gasteiger partial charge in [0.1, 0.15) is 5.82 Å². The maximum Gasteiger partial charge on any atom is 0.268 e. The van der Waals surface area contributed by atoms with E-state index in [2.05, 4.69) is 21.4 Å². The summed E-state index contributed by atoms with van der Waals surface area (Å²) < 4.78 is 13.9. The van der Waals surface area contributed by atoms with Crippen LogP contribution in [0.2, 0.25) is 0 Å². The number of likely N-dealkylation sites (tertiary alicyclic amines) is 1. The zero-order valence-electron chi connectivity index (χ0n) is 17.5. The molecule has 0 bridgehead atoms. The van der Waals surface area contributed by atoms with Crippen LogP contribution in [0.15, 0.2) is 47.6 Å². The first-order valence-corrected chi connectivity index (χ1v) is 10.3. The highest BCUT2D eigenvalue weighted by molar-refractivity contribution is 5.97. The zero-order valence-corrected chi connectivity index (χ0v) is 17.5. The number of anilines is 1. The van der Waals surface area contributed by atoms with Gasteiger partial charge in [0.15, 0.2) is 5.84 Å². The van der Waals surface area contributed by atoms with Crippen LogP contribution in [0.5, 0.6) is 0 Å². The Morgan fingerprint density at radius 2 is 2.00 bits per heavy atom. The molecule has 2 aromatic rings. The summed E-state index contributed by atoms with van der Waals surface area (Å²) in [6, 6.07) is 12.4. The van der Waals surface area contributed by atoms with Gasteiger partial charge in [0.25, 0.3) is 5.91 Å². The molecule has 160 valence electrons. The van der Waals surface area contributed by atoms with Crippen molar-refractivity contribution in [2.45, 2.75) is 45.8 Å². The largest absolute Gasteiger partial charge is 0.381 e. The Hall–Kier alpha value is -2.93. The average Bonchev–Trinajstić information content (AvgIpc) is 2.74. The molecule has 0 saturated carbocycles. The molecule has 0 radical (unpaired) electrons. The van der Waals surface area contributed by atoms with Crippen LogP contribution in [0.1, 0.15) is 42.9 Å². The van der Waals surface area contributed by atoms with Crippen molar-refractivity contribution in [3.05, 3.63) is 65.0 Å². The molecule has 1 unspecified atom stereocenters. The van der Waals surface area contributed by atoms with Gasteiger partial charge in [-0.2, -0.15) is 0 Å². The molecule has 1 fully saturated rings. The van der Waals surface area contributed by atoms with Crippen LogP contribution in [-0.4, -0.2) is 35.8 Å². The summed E-state index contributed by atoms with van der Waals surface area (Å²) in [5.41, 5.74) is 8.83. The first kappa shape index (κ1) is 21.8. The summed E-state index contributed by atoms with van der Waals surface area (Å²) in [4.78, 5) is 20.0. The van der Waals surface area contributed by atoms with Crippen molar-refractivity contribution in [2.24, 2.45) is 10.9 Å². The molecule has 3 rings (SSSR count). The number of oxime groups is 1. The van der Waals surface area contributed by atoms with Gasteiger partial charge in [0.05, 0.1) is 5.69 Å². The van der Waals surface area contributed by atoms with Gasteiger partial charge in [0, 0.05) is 12.1 Å². The van der Waals surface area contributed by atoms with E-state index in [1.54, 1.807) is 13.0 Å². The van der Waals surface area contributed by atoms with Crippen LogP contribution in [0, 0.1) is 12.7 Å². The number of rotatable bonds is 7. The van der Waals surface area contributed by atoms with Crippen LogP contribution < -0.4 is 11.1 Å². The molecule has 1 aliphatic heterocycles. The monoisotopic (exact) mass is 412 g/mol. The average molecular weight is 413 g/mol. The second-order valence-electron chi connectivity index (χ2n) is 7.73. The Labute approximate surface area is 176 Å². The maximum atomic E-state index is 13.9. The van der Waals surface area contributed by atoms with E-state index in [1.165, 1.54) is 38.3 Å². The lowest BCUT2D eigenvalue weighted by atomic mass is 10.1. The number of hydrogen-bond donors (Lipinski definition) is 2. The Morgan fingerprint density at radius 1 is 1.23 bits per heavy atom. The van der Waals surface area contributed by atoms with E-state index >= 15 is 0 Å². The number of amides is 1. The second kappa shape index (κ2) is 10.2. The summed E-state index contributed by atoms with van der Waals surface area (Å²) >= 11 is 0. The van der Waals surface area contributed by atoms with Crippen molar-refractivity contribution in [2.75, 3.05) is 18.4 Å². The van der Waals surface area contributed by atoms with E-state index in [1.807, 2.05) is 18.2 Å². The molecule has 0 spiro atoms. The van der Waals surface area contributed by atoms with Gasteiger partial charge in [0.2, 0.25) is 6.10 Å². The molecule has 1 heterocycles. The first-order chi connectivity index (χ1) is 14.4. The smallest absolute Gasteiger partial charge is 0.268 e. The molecule has 1 saturated heterocycles. The third-order valence-electron chi connectivity index (χ3n) is 5.14. The van der Waals surface area contributed by atoms with Crippen LogP contribution >= 0.6 is 0 Å². The Balaban J connectivity index is 1.58. The van der Waals surface area contributed by atoms with Crippen molar-refractivity contribution in [1.29, 1.82) is 0 Å². The van der Waals surface area contributed by atoms with Crippen LogP contribution in [0.25, 0.3) is 0 Å². The molecule has 6 nitrogen and oxygen atoms in total. The fourth-order valence-corrected chi connectivity index (χ4v) is 3.40. The topological polar surface area (TPSA) is 79.9 Å². The summed E-state index contributed by atoms with van der Waals surface area (Å²) in [5.74, 6) is -0.811. The van der Waals surface area contributed by atoms with Crippen LogP contribution in [0.3, 0.4) is 0 Å². The van der Waals surface area contributed by atoms with Crippen LogP contribution in [-0.2, 0) is 16.2 Å². The number of carbonyl (C=O) groups excluding carboxylic acids is 1. The van der Waals surface area contributed by atoms with E-state index in [0.29, 0.717) is 0 Å². The van der Waals surface area contributed by atoms with Crippen molar-refractivity contribution in [3.63, 3.8) is 0 Å². The maximum absolute atomic E-state index is 13.9. The first-order valence-electron chi connectivity index (χ1n) is 10.3. The van der Waals surface area contributed by atoms with E-state index in [-0.39, 0.29) is 11.5 Å². The van der Waals surface area contributed by atoms with E-state index in [9.17, 15) is 9.18 Å². The Morgan fingerprint density at radius 3 is 2.73 bits per heavy atom. The van der Waals surface area contributed by atoms with E-state index in [4.69, 9.17) is 10.6 Å². The molecule has 1 amide bonds. The minimum atomic E-state index is -0.930. The van der Waals surface area contributed by atoms with Gasteiger partial charge < -0.3 is 15.9 Å². The van der Waals surface area contributed by atoms with Gasteiger partial charge in [-0.05, 0) is 69.1 Å². The predicted molar refractivity (Wildman–Crippen MR) is 117 cm³/mol. The Bertz CT molecular complexity index is 910. The number of nitrogens with zero attached hydrogens (tertiary/aromatic N) is 2. The Kier molecular flexibility index (Phi) is 7.41. The molecule has 2 aromatic carbocycles. The lowest BCUT2D eigenvalue weighted by Crippen LogP contribution is -2.29. The van der Waals surface area contributed by atoms with Gasteiger partial charge >= 0.3 is 0 Å². The number of carbonyl (C=O) groups is 1. The highest BCUT2D eigenvalue weighted by Crippen LogP contribution is 2.16. The summed E-state index contributed by atoms with van der Waals surface area (Å²) in [6.45, 7) is 6.42. The zero-order chi connectivity index (χ0) is 21.5. The number of hydrogen-bond acceptors (Lipinski definition) is 4. The minimum Gasteiger partial charge on any atom is -0.381 e.